The Labute approximate surface area is 201 Å². The molecule has 7 heteroatoms. The van der Waals surface area contributed by atoms with E-state index in [1.165, 1.54) is 0 Å². The first-order valence-electron chi connectivity index (χ1n) is 10.4. The molecule has 2 aliphatic heterocycles. The fraction of sp³-hybridized carbons (Fsp3) is 0. The number of aromatic carboxylic acids is 1. The van der Waals surface area contributed by atoms with Gasteiger partial charge in [0.15, 0.2) is 0 Å². The summed E-state index contributed by atoms with van der Waals surface area (Å²) in [5, 5.41) is 8.38. The van der Waals surface area contributed by atoms with Crippen LogP contribution in [0.5, 0.6) is 0 Å². The summed E-state index contributed by atoms with van der Waals surface area (Å²) in [5.74, 6) is -0.879. The summed E-state index contributed by atoms with van der Waals surface area (Å²) in [5.41, 5.74) is 8.19. The van der Waals surface area contributed by atoms with Gasteiger partial charge < -0.3 is 15.1 Å². The smallest absolute Gasteiger partial charge is 0.335 e. The molecule has 5 heterocycles. The molecule has 2 aliphatic rings. The van der Waals surface area contributed by atoms with E-state index in [-0.39, 0.29) is 12.4 Å². The molecule has 168 valence electrons. The summed E-state index contributed by atoms with van der Waals surface area (Å²) in [6, 6.07) is 24.7. The van der Waals surface area contributed by atoms with E-state index in [4.69, 9.17) is 5.11 Å². The highest BCUT2D eigenvalue weighted by atomic mass is 35.5. The van der Waals surface area contributed by atoms with Gasteiger partial charge in [-0.2, -0.15) is 0 Å². The molecular formula is C27H21ClN4O2. The van der Waals surface area contributed by atoms with Crippen LogP contribution in [0.4, 0.5) is 0 Å². The number of halogens is 1. The van der Waals surface area contributed by atoms with Crippen molar-refractivity contribution in [1.29, 1.82) is 0 Å². The zero-order valence-corrected chi connectivity index (χ0v) is 18.8. The molecule has 0 saturated carbocycles. The van der Waals surface area contributed by atoms with Crippen LogP contribution in [0.15, 0.2) is 78.9 Å². The van der Waals surface area contributed by atoms with Crippen LogP contribution in [0, 0.1) is 0 Å². The quantitative estimate of drug-likeness (QED) is 0.258. The zero-order valence-electron chi connectivity index (χ0n) is 18.0. The number of aromatic amines is 2. The van der Waals surface area contributed by atoms with Gasteiger partial charge in [-0.1, -0.05) is 18.2 Å². The van der Waals surface area contributed by atoms with Crippen LogP contribution in [-0.4, -0.2) is 31.0 Å². The van der Waals surface area contributed by atoms with E-state index in [0.717, 1.165) is 44.8 Å². The van der Waals surface area contributed by atoms with Gasteiger partial charge in [-0.3, -0.25) is 0 Å². The molecular weight excluding hydrogens is 448 g/mol. The molecule has 0 aliphatic carbocycles. The predicted octanol–water partition coefficient (Wildman–Crippen LogP) is 6.46. The Morgan fingerprint density at radius 3 is 1.41 bits per heavy atom. The molecule has 0 amide bonds. The molecule has 3 N–H and O–H groups in total. The summed E-state index contributed by atoms with van der Waals surface area (Å²) >= 11 is 0. The maximum Gasteiger partial charge on any atom is 0.335 e. The number of carbonyl (C=O) groups is 1. The zero-order chi connectivity index (χ0) is 22.6. The van der Waals surface area contributed by atoms with Crippen LogP contribution >= 0.6 is 12.4 Å². The Kier molecular flexibility index (Phi) is 6.71. The van der Waals surface area contributed by atoms with E-state index in [9.17, 15) is 4.79 Å². The minimum Gasteiger partial charge on any atom is -0.478 e. The molecule has 6 rings (SSSR count). The molecule has 0 fully saturated rings. The molecule has 6 nitrogen and oxygen atoms in total. The van der Waals surface area contributed by atoms with Gasteiger partial charge in [-0.15, -0.1) is 12.4 Å². The number of rotatable bonds is 1. The Bertz CT molecular complexity index is 1460. The molecule has 4 aromatic rings. The van der Waals surface area contributed by atoms with Crippen LogP contribution in [0.3, 0.4) is 0 Å². The van der Waals surface area contributed by atoms with Gasteiger partial charge >= 0.3 is 5.97 Å². The fourth-order valence-corrected chi connectivity index (χ4v) is 3.52. The number of benzene rings is 1. The third kappa shape index (κ3) is 5.49. The van der Waals surface area contributed by atoms with Crippen molar-refractivity contribution in [2.24, 2.45) is 0 Å². The number of carboxylic acid groups (broad SMARTS) is 1. The van der Waals surface area contributed by atoms with Crippen LogP contribution in [0.2, 0.25) is 0 Å². The van der Waals surface area contributed by atoms with Crippen LogP contribution in [-0.2, 0) is 0 Å². The number of carboxylic acids is 1. The van der Waals surface area contributed by atoms with Crippen molar-refractivity contribution in [3.63, 3.8) is 0 Å². The number of fused-ring (bicyclic) bond motifs is 8. The first-order chi connectivity index (χ1) is 16.1. The highest BCUT2D eigenvalue weighted by Gasteiger charge is 2.02. The normalized spacial score (nSPS) is 11.3. The van der Waals surface area contributed by atoms with Gasteiger partial charge in [-0.25, -0.2) is 14.8 Å². The van der Waals surface area contributed by atoms with Gasteiger partial charge in [0.1, 0.15) is 0 Å². The number of hydrogen-bond donors (Lipinski definition) is 3. The maximum absolute atomic E-state index is 10.2. The lowest BCUT2D eigenvalue weighted by Crippen LogP contribution is -1.93. The number of nitrogens with zero attached hydrogens (tertiary/aromatic N) is 2. The molecule has 3 aromatic heterocycles. The Morgan fingerprint density at radius 1 is 0.588 bits per heavy atom. The number of nitrogens with one attached hydrogen (secondary N) is 2. The first-order valence-corrected chi connectivity index (χ1v) is 10.4. The van der Waals surface area contributed by atoms with Crippen molar-refractivity contribution < 1.29 is 9.90 Å². The average molecular weight is 469 g/mol. The molecule has 34 heavy (non-hydrogen) atoms. The standard InChI is InChI=1S/C20H14N4.C7H6O2.ClH/c1-2-14-10-16-5-6-18(23-16)12-20-8-7-19(24-20)11-17-4-3-15(22-17)9-13(1)21-14;8-7(9)6-4-2-1-3-5-6;/h1-12,21-22H;1-5H,(H,8,9);1H. The summed E-state index contributed by atoms with van der Waals surface area (Å²) in [7, 11) is 0. The SMILES string of the molecule is C1=Cc2cc3ccc(cc4ccc(cc5nc(cc1n2)C=C5)[nH]4)[nH]3.Cl.O=C(O)c1ccccc1. The number of aromatic nitrogens is 4. The van der Waals surface area contributed by atoms with E-state index < -0.39 is 5.97 Å². The Morgan fingerprint density at radius 2 is 1.00 bits per heavy atom. The summed E-state index contributed by atoms with van der Waals surface area (Å²) in [4.78, 5) is 26.2. The van der Waals surface area contributed by atoms with Crippen LogP contribution in [0.25, 0.3) is 46.4 Å². The summed E-state index contributed by atoms with van der Waals surface area (Å²) < 4.78 is 0. The second-order valence-electron chi connectivity index (χ2n) is 7.58. The minimum absolute atomic E-state index is 0. The molecule has 0 radical (unpaired) electrons. The second kappa shape index (κ2) is 10.0. The molecule has 0 spiro atoms. The van der Waals surface area contributed by atoms with Gasteiger partial charge in [0.05, 0.1) is 28.3 Å². The fourth-order valence-electron chi connectivity index (χ4n) is 3.52. The lowest BCUT2D eigenvalue weighted by molar-refractivity contribution is 0.0697. The largest absolute Gasteiger partial charge is 0.478 e. The van der Waals surface area contributed by atoms with E-state index in [1.54, 1.807) is 30.3 Å². The highest BCUT2D eigenvalue weighted by Crippen LogP contribution is 2.17. The Balaban J connectivity index is 0.000000234. The van der Waals surface area contributed by atoms with Crippen molar-refractivity contribution in [1.82, 2.24) is 19.9 Å². The van der Waals surface area contributed by atoms with Gasteiger partial charge in [-0.05, 0) is 85.0 Å². The van der Waals surface area contributed by atoms with Gasteiger partial charge in [0, 0.05) is 22.1 Å². The summed E-state index contributed by atoms with van der Waals surface area (Å²) in [6.07, 6.45) is 8.05. The van der Waals surface area contributed by atoms with E-state index in [1.807, 2.05) is 42.5 Å². The van der Waals surface area contributed by atoms with Crippen LogP contribution < -0.4 is 0 Å². The van der Waals surface area contributed by atoms with E-state index in [2.05, 4.69) is 50.3 Å². The number of hydrogen-bond acceptors (Lipinski definition) is 3. The molecule has 0 saturated heterocycles. The minimum atomic E-state index is -0.879. The number of H-pyrrole nitrogens is 2. The average Bonchev–Trinajstić information content (AvgIpc) is 3.61. The van der Waals surface area contributed by atoms with Gasteiger partial charge in [0.25, 0.3) is 0 Å². The molecule has 8 bridgehead atoms. The predicted molar refractivity (Wildman–Crippen MR) is 140 cm³/mol. The Hall–Kier alpha value is -4.42. The van der Waals surface area contributed by atoms with Crippen molar-refractivity contribution in [3.8, 4) is 0 Å². The maximum atomic E-state index is 10.2. The second-order valence-corrected chi connectivity index (χ2v) is 7.58. The van der Waals surface area contributed by atoms with Crippen molar-refractivity contribution in [2.75, 3.05) is 0 Å². The highest BCUT2D eigenvalue weighted by molar-refractivity contribution is 5.87. The van der Waals surface area contributed by atoms with E-state index >= 15 is 0 Å². The molecule has 0 unspecified atom stereocenters. The molecule has 1 aromatic carbocycles. The monoisotopic (exact) mass is 468 g/mol. The van der Waals surface area contributed by atoms with Crippen molar-refractivity contribution in [3.05, 3.63) is 107 Å². The topological polar surface area (TPSA) is 94.7 Å². The van der Waals surface area contributed by atoms with E-state index in [0.29, 0.717) is 5.56 Å². The summed E-state index contributed by atoms with van der Waals surface area (Å²) in [6.45, 7) is 0. The van der Waals surface area contributed by atoms with Gasteiger partial charge in [0.2, 0.25) is 0 Å². The lowest BCUT2D eigenvalue weighted by Gasteiger charge is -1.88. The van der Waals surface area contributed by atoms with Crippen LogP contribution in [0.1, 0.15) is 33.1 Å². The van der Waals surface area contributed by atoms with Crippen molar-refractivity contribution in [2.45, 2.75) is 0 Å². The third-order valence-corrected chi connectivity index (χ3v) is 5.06. The third-order valence-electron chi connectivity index (χ3n) is 5.06. The van der Waals surface area contributed by atoms with Crippen molar-refractivity contribution >= 4 is 64.7 Å². The lowest BCUT2D eigenvalue weighted by atomic mass is 10.2. The first kappa shape index (κ1) is 22.8. The molecule has 0 atom stereocenters.